The van der Waals surface area contributed by atoms with Gasteiger partial charge < -0.3 is 15.3 Å². The van der Waals surface area contributed by atoms with E-state index in [-0.39, 0.29) is 56.0 Å². The van der Waals surface area contributed by atoms with Crippen molar-refractivity contribution < 1.29 is 32.9 Å². The number of carbonyl (C=O) groups is 1. The summed E-state index contributed by atoms with van der Waals surface area (Å²) in [6.45, 7) is 3.71. The molecule has 9 nitrogen and oxygen atoms in total. The van der Waals surface area contributed by atoms with Crippen molar-refractivity contribution in [2.45, 2.75) is 44.8 Å². The van der Waals surface area contributed by atoms with E-state index in [1.54, 1.807) is 0 Å². The van der Waals surface area contributed by atoms with Crippen LogP contribution in [-0.2, 0) is 14.8 Å². The summed E-state index contributed by atoms with van der Waals surface area (Å²) < 4.78 is 38.6. The molecular weight excluding hydrogens is 493 g/mol. The van der Waals surface area contributed by atoms with Crippen LogP contribution in [-0.4, -0.2) is 103 Å². The molecule has 1 heterocycles. The molecule has 0 fully saturated rings. The molecule has 2 rings (SSSR count). The fourth-order valence-corrected chi connectivity index (χ4v) is 3.42. The zero-order valence-electron chi connectivity index (χ0n) is 19.5. The van der Waals surface area contributed by atoms with E-state index in [9.17, 15) is 27.8 Å². The molecule has 0 spiro atoms. The van der Waals surface area contributed by atoms with Crippen LogP contribution >= 0.6 is 0 Å². The molecule has 0 unspecified atom stereocenters. The number of carboxylic acids is 1. The number of anilines is 1. The fraction of sp³-hybridized carbons (Fsp3) is 0.409. The van der Waals surface area contributed by atoms with Gasteiger partial charge >= 0.3 is 5.97 Å². The number of rotatable bonds is 10. The molecule has 0 aliphatic rings. The van der Waals surface area contributed by atoms with Crippen LogP contribution in [0.1, 0.15) is 43.9 Å². The van der Waals surface area contributed by atoms with Crippen molar-refractivity contribution in [3.8, 4) is 11.3 Å². The van der Waals surface area contributed by atoms with E-state index in [1.165, 1.54) is 43.5 Å². The predicted molar refractivity (Wildman–Crippen MR) is 128 cm³/mol. The molecule has 0 aliphatic carbocycles. The number of nitrogens with zero attached hydrogens (tertiary/aromatic N) is 3. The Kier molecular flexibility index (Phi) is 11.5. The summed E-state index contributed by atoms with van der Waals surface area (Å²) in [4.78, 5) is 19.6. The van der Waals surface area contributed by atoms with E-state index in [0.29, 0.717) is 22.5 Å². The Balaban J connectivity index is 0.00000578. The topological polar surface area (TPSA) is 141 Å². The molecule has 3 N–H and O–H groups in total. The van der Waals surface area contributed by atoms with Crippen LogP contribution in [0.5, 0.6) is 0 Å². The molecule has 0 saturated heterocycles. The first-order valence-corrected chi connectivity index (χ1v) is 12.0. The van der Waals surface area contributed by atoms with Crippen molar-refractivity contribution in [3.05, 3.63) is 47.4 Å². The number of aliphatic carboxylic acids is 1. The number of sulfonamides is 1. The largest absolute Gasteiger partial charge is 0.481 e. The fourth-order valence-electron chi connectivity index (χ4n) is 3.05. The molecule has 2 atom stereocenters. The van der Waals surface area contributed by atoms with E-state index >= 15 is 0 Å². The Labute approximate surface area is 228 Å². The first kappa shape index (κ1) is 30.4. The van der Waals surface area contributed by atoms with Gasteiger partial charge in [0.2, 0.25) is 16.0 Å². The van der Waals surface area contributed by atoms with Gasteiger partial charge in [0.1, 0.15) is 5.82 Å². The van der Waals surface area contributed by atoms with Crippen molar-refractivity contribution in [2.24, 2.45) is 0 Å². The Morgan fingerprint density at radius 1 is 1.18 bits per heavy atom. The molecule has 2 radical (unpaired) electrons. The molecule has 2 aromatic rings. The number of hydrogen-bond donors (Lipinski definition) is 3. The molecule has 1 aromatic heterocycles. The van der Waals surface area contributed by atoms with Gasteiger partial charge in [-0.15, -0.1) is 0 Å². The third-order valence-corrected chi connectivity index (χ3v) is 5.97. The second kappa shape index (κ2) is 12.9. The van der Waals surface area contributed by atoms with Crippen LogP contribution < -0.4 is 4.31 Å². The van der Waals surface area contributed by atoms with Crippen molar-refractivity contribution in [1.82, 2.24) is 9.97 Å². The van der Waals surface area contributed by atoms with Gasteiger partial charge in [0, 0.05) is 62.3 Å². The van der Waals surface area contributed by atoms with Gasteiger partial charge in [-0.1, -0.05) is 26.0 Å². The Morgan fingerprint density at radius 2 is 1.76 bits per heavy atom. The first-order chi connectivity index (χ1) is 15.3. The zero-order chi connectivity index (χ0) is 24.9. The van der Waals surface area contributed by atoms with Crippen LogP contribution in [0.4, 0.5) is 10.3 Å². The third kappa shape index (κ3) is 8.54. The standard InChI is InChI=1S/C22H28FN3O6S.Ca/c1-13(2)20-18(10-9-16(27)11-17(28)12-19(29)30)21(14-5-7-15(23)8-6-14)25-22(24-20)26(3)33(4,31)32;/h5-10,13,16-17,27-28H,11-12H2,1-4H3,(H,29,30);/b10-9+;/t16-,17+;/m1./s1. The minimum absolute atomic E-state index is 0. The number of halogens is 1. The van der Waals surface area contributed by atoms with Crippen LogP contribution in [0, 0.1) is 5.82 Å². The van der Waals surface area contributed by atoms with Crippen molar-refractivity contribution >= 4 is 65.8 Å². The summed E-state index contributed by atoms with van der Waals surface area (Å²) in [5, 5.41) is 28.8. The van der Waals surface area contributed by atoms with Crippen molar-refractivity contribution in [1.29, 1.82) is 0 Å². The molecule has 0 aliphatic heterocycles. The minimum atomic E-state index is -3.65. The number of aromatic nitrogens is 2. The van der Waals surface area contributed by atoms with Gasteiger partial charge in [-0.2, -0.15) is 0 Å². The SMILES string of the molecule is CC(C)c1nc(N(C)S(C)(=O)=O)nc(-c2ccc(F)cc2)c1/C=C/[C@@H](O)C[C@H](O)CC(=O)O.[Ca]. The zero-order valence-corrected chi connectivity index (χ0v) is 22.5. The number of carboxylic acid groups (broad SMARTS) is 1. The van der Waals surface area contributed by atoms with Crippen molar-refractivity contribution in [3.63, 3.8) is 0 Å². The summed E-state index contributed by atoms with van der Waals surface area (Å²) in [6, 6.07) is 5.49. The smallest absolute Gasteiger partial charge is 0.305 e. The van der Waals surface area contributed by atoms with Gasteiger partial charge in [0.15, 0.2) is 0 Å². The minimum Gasteiger partial charge on any atom is -0.481 e. The predicted octanol–water partition coefficient (Wildman–Crippen LogP) is 2.02. The Morgan fingerprint density at radius 3 is 2.26 bits per heavy atom. The summed E-state index contributed by atoms with van der Waals surface area (Å²) in [6.07, 6.45) is 0.860. The van der Waals surface area contributed by atoms with Crippen LogP contribution in [0.2, 0.25) is 0 Å². The first-order valence-electron chi connectivity index (χ1n) is 10.2. The summed E-state index contributed by atoms with van der Waals surface area (Å²) in [5.41, 5.74) is 1.80. The van der Waals surface area contributed by atoms with E-state index in [2.05, 4.69) is 9.97 Å². The molecule has 12 heteroatoms. The van der Waals surface area contributed by atoms with E-state index in [0.717, 1.165) is 10.6 Å². The Bertz CT molecular complexity index is 1130. The molecule has 0 amide bonds. The quantitative estimate of drug-likeness (QED) is 0.403. The number of benzene rings is 1. The second-order valence-electron chi connectivity index (χ2n) is 7.98. The monoisotopic (exact) mass is 521 g/mol. The number of aliphatic hydroxyl groups is 2. The maximum absolute atomic E-state index is 13.5. The molecule has 0 saturated carbocycles. The third-order valence-electron chi connectivity index (χ3n) is 4.82. The van der Waals surface area contributed by atoms with Crippen LogP contribution in [0.15, 0.2) is 30.3 Å². The molecule has 1 aromatic carbocycles. The van der Waals surface area contributed by atoms with Gasteiger partial charge in [0.05, 0.1) is 36.3 Å². The maximum atomic E-state index is 13.5. The van der Waals surface area contributed by atoms with E-state index in [1.807, 2.05) is 13.8 Å². The molecule has 182 valence electrons. The van der Waals surface area contributed by atoms with Crippen molar-refractivity contribution in [2.75, 3.05) is 17.6 Å². The second-order valence-corrected chi connectivity index (χ2v) is 9.99. The van der Waals surface area contributed by atoms with E-state index < -0.39 is 40.4 Å². The van der Waals surface area contributed by atoms with Gasteiger partial charge in [-0.25, -0.2) is 27.1 Å². The Hall–Kier alpha value is -1.63. The van der Waals surface area contributed by atoms with Crippen LogP contribution in [0.25, 0.3) is 17.3 Å². The van der Waals surface area contributed by atoms with Crippen LogP contribution in [0.3, 0.4) is 0 Å². The number of aliphatic hydroxyl groups excluding tert-OH is 2. The summed E-state index contributed by atoms with van der Waals surface area (Å²) in [5.74, 6) is -1.87. The summed E-state index contributed by atoms with van der Waals surface area (Å²) >= 11 is 0. The average Bonchev–Trinajstić information content (AvgIpc) is 2.70. The van der Waals surface area contributed by atoms with Gasteiger partial charge in [-0.05, 0) is 30.2 Å². The summed E-state index contributed by atoms with van der Waals surface area (Å²) in [7, 11) is -2.33. The maximum Gasteiger partial charge on any atom is 0.305 e. The normalized spacial score (nSPS) is 13.5. The van der Waals surface area contributed by atoms with Gasteiger partial charge in [-0.3, -0.25) is 4.79 Å². The molecular formula is C22H28CaFN3O6S. The number of hydrogen-bond acceptors (Lipinski definition) is 7. The van der Waals surface area contributed by atoms with Gasteiger partial charge in [0.25, 0.3) is 0 Å². The molecule has 0 bridgehead atoms. The van der Waals surface area contributed by atoms with E-state index in [4.69, 9.17) is 5.11 Å². The molecule has 34 heavy (non-hydrogen) atoms. The average molecular weight is 522 g/mol.